The monoisotopic (exact) mass is 717 g/mol. The zero-order valence-corrected chi connectivity index (χ0v) is 28.2. The van der Waals surface area contributed by atoms with Crippen LogP contribution < -0.4 is 4.31 Å². The zero-order valence-electron chi connectivity index (χ0n) is 27.3. The minimum Gasteiger partial charge on any atom is -0.463 e. The standard InChI is InChI=1S/C29H40FN5O13S/c1-19(2)27-25(28(20-6-8-21(30)9-7-20)32-29(31-27)33(3)49(4,43)44)11-10-22(36)16-23(37)17-26(38)46-18-24(48-35(41)42)12-15-45-13-5-14-47-34(39)40/h6-11,19,22-24,36-37H,5,12-18H2,1-4H3/b11-10+/t22-,23-,24?/m1/s1. The number of aliphatic hydroxyl groups is 2. The Bertz CT molecular complexity index is 1540. The van der Waals surface area contributed by atoms with E-state index in [1.54, 1.807) is 0 Å². The fourth-order valence-electron chi connectivity index (χ4n) is 4.19. The summed E-state index contributed by atoms with van der Waals surface area (Å²) in [5, 5.41) is 40.0. The first-order valence-electron chi connectivity index (χ1n) is 15.0. The molecule has 0 saturated carbocycles. The van der Waals surface area contributed by atoms with Crippen LogP contribution >= 0.6 is 0 Å². The summed E-state index contributed by atoms with van der Waals surface area (Å²) in [6.45, 7) is 2.95. The van der Waals surface area contributed by atoms with Crippen LogP contribution in [0.1, 0.15) is 56.7 Å². The lowest BCUT2D eigenvalue weighted by Gasteiger charge is -2.20. The van der Waals surface area contributed by atoms with E-state index in [1.807, 2.05) is 13.8 Å². The van der Waals surface area contributed by atoms with Gasteiger partial charge in [0.15, 0.2) is 0 Å². The number of aliphatic hydroxyl groups excluding tert-OH is 2. The number of aromatic nitrogens is 2. The minimum atomic E-state index is -3.73. The molecule has 20 heteroatoms. The molecule has 0 aliphatic heterocycles. The molecular formula is C29H40FN5O13S. The molecule has 49 heavy (non-hydrogen) atoms. The summed E-state index contributed by atoms with van der Waals surface area (Å²) in [7, 11) is -2.44. The maximum atomic E-state index is 13.7. The van der Waals surface area contributed by atoms with Crippen LogP contribution in [0.5, 0.6) is 0 Å². The first kappa shape index (κ1) is 40.6. The molecule has 0 saturated heterocycles. The Labute approximate surface area is 281 Å². The number of carbonyl (C=O) groups is 1. The minimum absolute atomic E-state index is 0.0424. The highest BCUT2D eigenvalue weighted by Crippen LogP contribution is 2.31. The molecule has 2 aromatic rings. The Kier molecular flexibility index (Phi) is 16.1. The van der Waals surface area contributed by atoms with Crippen LogP contribution in [0.3, 0.4) is 0 Å². The van der Waals surface area contributed by atoms with E-state index in [9.17, 15) is 48.0 Å². The van der Waals surface area contributed by atoms with Gasteiger partial charge in [-0.1, -0.05) is 26.0 Å². The van der Waals surface area contributed by atoms with Gasteiger partial charge in [-0.15, -0.1) is 20.2 Å². The van der Waals surface area contributed by atoms with Gasteiger partial charge in [-0.05, 0) is 36.6 Å². The molecule has 1 aromatic heterocycles. The summed E-state index contributed by atoms with van der Waals surface area (Å²) in [5.41, 5.74) is 1.54. The summed E-state index contributed by atoms with van der Waals surface area (Å²) >= 11 is 0. The van der Waals surface area contributed by atoms with Gasteiger partial charge in [-0.3, -0.25) is 4.79 Å². The molecule has 272 valence electrons. The maximum absolute atomic E-state index is 13.7. The van der Waals surface area contributed by atoms with E-state index in [0.29, 0.717) is 16.8 Å². The Morgan fingerprint density at radius 1 is 1.08 bits per heavy atom. The van der Waals surface area contributed by atoms with Crippen LogP contribution in [0.2, 0.25) is 0 Å². The van der Waals surface area contributed by atoms with Crippen molar-refractivity contribution >= 4 is 28.0 Å². The number of rotatable bonds is 22. The largest absolute Gasteiger partial charge is 0.463 e. The van der Waals surface area contributed by atoms with Crippen molar-refractivity contribution in [3.05, 3.63) is 67.6 Å². The average Bonchev–Trinajstić information content (AvgIpc) is 3.00. The molecule has 0 amide bonds. The van der Waals surface area contributed by atoms with E-state index in [2.05, 4.69) is 19.6 Å². The van der Waals surface area contributed by atoms with Crippen LogP contribution in [0.25, 0.3) is 17.3 Å². The van der Waals surface area contributed by atoms with Crippen molar-refractivity contribution < 1.29 is 57.1 Å². The van der Waals surface area contributed by atoms with Crippen molar-refractivity contribution in [1.82, 2.24) is 9.97 Å². The van der Waals surface area contributed by atoms with Gasteiger partial charge in [0, 0.05) is 44.2 Å². The fraction of sp³-hybridized carbons (Fsp3) is 0.552. The molecule has 1 heterocycles. The quantitative estimate of drug-likeness (QED) is 0.0769. The highest BCUT2D eigenvalue weighted by Gasteiger charge is 2.23. The van der Waals surface area contributed by atoms with Crippen molar-refractivity contribution in [3.8, 4) is 11.3 Å². The highest BCUT2D eigenvalue weighted by atomic mass is 32.2. The van der Waals surface area contributed by atoms with Gasteiger partial charge in [0.25, 0.3) is 10.2 Å². The summed E-state index contributed by atoms with van der Waals surface area (Å²) in [5.74, 6) is -1.79. The van der Waals surface area contributed by atoms with Gasteiger partial charge in [-0.25, -0.2) is 27.1 Å². The molecule has 0 spiro atoms. The summed E-state index contributed by atoms with van der Waals surface area (Å²) in [6.07, 6.45) is -0.762. The van der Waals surface area contributed by atoms with Gasteiger partial charge in [0.1, 0.15) is 18.5 Å². The number of hydrogen-bond acceptors (Lipinski definition) is 15. The number of anilines is 1. The van der Waals surface area contributed by atoms with Gasteiger partial charge in [0.2, 0.25) is 16.0 Å². The lowest BCUT2D eigenvalue weighted by atomic mass is 9.97. The normalized spacial score (nSPS) is 13.6. The number of benzene rings is 1. The smallest absolute Gasteiger partial charge is 0.308 e. The second-order valence-corrected chi connectivity index (χ2v) is 13.0. The van der Waals surface area contributed by atoms with E-state index in [1.165, 1.54) is 43.5 Å². The third-order valence-electron chi connectivity index (χ3n) is 6.69. The van der Waals surface area contributed by atoms with Crippen LogP contribution in [0, 0.1) is 26.0 Å². The molecule has 0 bridgehead atoms. The van der Waals surface area contributed by atoms with Crippen molar-refractivity contribution in [3.63, 3.8) is 0 Å². The number of ether oxygens (including phenoxy) is 2. The third kappa shape index (κ3) is 14.6. The van der Waals surface area contributed by atoms with Crippen LogP contribution in [0.15, 0.2) is 30.3 Å². The highest BCUT2D eigenvalue weighted by molar-refractivity contribution is 7.92. The van der Waals surface area contributed by atoms with Gasteiger partial charge in [-0.2, -0.15) is 0 Å². The van der Waals surface area contributed by atoms with E-state index >= 15 is 0 Å². The molecule has 2 N–H and O–H groups in total. The molecule has 0 aliphatic rings. The number of halogens is 1. The van der Waals surface area contributed by atoms with E-state index in [0.717, 1.165) is 10.6 Å². The predicted octanol–water partition coefficient (Wildman–Crippen LogP) is 2.44. The molecule has 0 aliphatic carbocycles. The van der Waals surface area contributed by atoms with Crippen molar-refractivity contribution in [2.45, 2.75) is 63.8 Å². The van der Waals surface area contributed by atoms with Gasteiger partial charge >= 0.3 is 5.97 Å². The number of carbonyl (C=O) groups excluding carboxylic acids is 1. The first-order chi connectivity index (χ1) is 23.0. The van der Waals surface area contributed by atoms with Crippen LogP contribution in [-0.2, 0) is 34.0 Å². The SMILES string of the molecule is CC(C)c1nc(N(C)S(C)(=O)=O)nc(-c2ccc(F)cc2)c1/C=C/[C@@H](O)C[C@@H](O)CC(=O)OCC(CCOCCCO[N+](=O)[O-])O[N+](=O)[O-]. The van der Waals surface area contributed by atoms with Crippen LogP contribution in [0.4, 0.5) is 10.3 Å². The van der Waals surface area contributed by atoms with E-state index in [-0.39, 0.29) is 56.6 Å². The van der Waals surface area contributed by atoms with Crippen molar-refractivity contribution in [2.24, 2.45) is 0 Å². The topological polar surface area (TPSA) is 244 Å². The van der Waals surface area contributed by atoms with E-state index < -0.39 is 63.3 Å². The first-order valence-corrected chi connectivity index (χ1v) is 16.8. The Balaban J connectivity index is 2.08. The molecule has 0 radical (unpaired) electrons. The molecule has 1 unspecified atom stereocenters. The third-order valence-corrected chi connectivity index (χ3v) is 7.85. The molecular weight excluding hydrogens is 677 g/mol. The number of nitrogens with zero attached hydrogens (tertiary/aromatic N) is 5. The second-order valence-electron chi connectivity index (χ2n) is 11.0. The van der Waals surface area contributed by atoms with Crippen molar-refractivity contribution in [1.29, 1.82) is 0 Å². The van der Waals surface area contributed by atoms with Gasteiger partial charge in [0.05, 0.1) is 42.9 Å². The second kappa shape index (κ2) is 19.5. The number of esters is 1. The predicted molar refractivity (Wildman–Crippen MR) is 171 cm³/mol. The number of sulfonamides is 1. The Morgan fingerprint density at radius 2 is 1.76 bits per heavy atom. The summed E-state index contributed by atoms with van der Waals surface area (Å²) in [6, 6.07) is 5.35. The number of hydrogen-bond donors (Lipinski definition) is 2. The summed E-state index contributed by atoms with van der Waals surface area (Å²) in [4.78, 5) is 50.7. The zero-order chi connectivity index (χ0) is 36.7. The average molecular weight is 718 g/mol. The molecule has 3 atom stereocenters. The van der Waals surface area contributed by atoms with Crippen molar-refractivity contribution in [2.75, 3.05) is 44.0 Å². The molecule has 2 rings (SSSR count). The van der Waals surface area contributed by atoms with Crippen LogP contribution in [-0.4, -0.2) is 103 Å². The maximum Gasteiger partial charge on any atom is 0.308 e. The fourth-order valence-corrected chi connectivity index (χ4v) is 4.56. The summed E-state index contributed by atoms with van der Waals surface area (Å²) < 4.78 is 49.3. The van der Waals surface area contributed by atoms with E-state index in [4.69, 9.17) is 9.47 Å². The molecule has 1 aromatic carbocycles. The van der Waals surface area contributed by atoms with Gasteiger partial charge < -0.3 is 29.4 Å². The lowest BCUT2D eigenvalue weighted by molar-refractivity contribution is -0.769. The molecule has 18 nitrogen and oxygen atoms in total. The Morgan fingerprint density at radius 3 is 2.35 bits per heavy atom. The lowest BCUT2D eigenvalue weighted by Crippen LogP contribution is -2.28. The molecule has 0 fully saturated rings. The Hall–Kier alpha value is -4.53.